The largest absolute Gasteiger partial charge is 0.492 e. The van der Waals surface area contributed by atoms with Crippen LogP contribution in [0.3, 0.4) is 0 Å². The molecule has 1 amide bonds. The fraction of sp³-hybridized carbons (Fsp3) is 0.174. The smallest absolute Gasteiger partial charge is 0.255 e. The van der Waals surface area contributed by atoms with E-state index in [0.29, 0.717) is 34.5 Å². The molecule has 0 fully saturated rings. The van der Waals surface area contributed by atoms with Crippen molar-refractivity contribution in [1.82, 2.24) is 0 Å². The number of nitrogens with one attached hydrogen (secondary N) is 2. The Balaban J connectivity index is 1.84. The molecular formula is C23H20Cl2N2O2. The van der Waals surface area contributed by atoms with E-state index in [1.165, 1.54) is 0 Å². The molecule has 0 bridgehead atoms. The van der Waals surface area contributed by atoms with Crippen LogP contribution >= 0.6 is 23.2 Å². The van der Waals surface area contributed by atoms with E-state index in [1.54, 1.807) is 12.1 Å². The zero-order valence-corrected chi connectivity index (χ0v) is 17.3. The second-order valence-electron chi connectivity index (χ2n) is 6.91. The highest BCUT2D eigenvalue weighted by molar-refractivity contribution is 6.31. The molecule has 2 N–H and O–H groups in total. The van der Waals surface area contributed by atoms with E-state index in [2.05, 4.69) is 10.6 Å². The molecule has 0 radical (unpaired) electrons. The maximum absolute atomic E-state index is 13.3. The number of fused-ring (bicyclic) bond motifs is 1. The SMILES string of the molecule is CCOc1ccccc1NC1(Cc2cccc(Cl)c2)C(=O)Nc2cc(Cl)ccc21. The van der Waals surface area contributed by atoms with E-state index >= 15 is 0 Å². The Kier molecular flexibility index (Phi) is 5.39. The molecule has 0 saturated heterocycles. The third kappa shape index (κ3) is 3.78. The summed E-state index contributed by atoms with van der Waals surface area (Å²) in [5, 5.41) is 7.65. The van der Waals surface area contributed by atoms with Crippen molar-refractivity contribution in [2.75, 3.05) is 17.2 Å². The average molecular weight is 427 g/mol. The Morgan fingerprint density at radius 3 is 2.59 bits per heavy atom. The molecular weight excluding hydrogens is 407 g/mol. The van der Waals surface area contributed by atoms with Crippen molar-refractivity contribution >= 4 is 40.5 Å². The van der Waals surface area contributed by atoms with Gasteiger partial charge in [-0.1, -0.05) is 53.5 Å². The molecule has 0 aromatic heterocycles. The molecule has 3 aromatic carbocycles. The highest BCUT2D eigenvalue weighted by Gasteiger charge is 2.47. The van der Waals surface area contributed by atoms with Crippen molar-refractivity contribution in [2.45, 2.75) is 18.9 Å². The number of benzene rings is 3. The molecule has 4 rings (SSSR count). The molecule has 1 unspecified atom stereocenters. The number of hydrogen-bond donors (Lipinski definition) is 2. The predicted molar refractivity (Wildman–Crippen MR) is 118 cm³/mol. The summed E-state index contributed by atoms with van der Waals surface area (Å²) in [5.41, 5.74) is 2.19. The fourth-order valence-corrected chi connectivity index (χ4v) is 4.11. The molecule has 1 heterocycles. The summed E-state index contributed by atoms with van der Waals surface area (Å²) in [4.78, 5) is 13.3. The lowest BCUT2D eigenvalue weighted by Crippen LogP contribution is -2.44. The lowest BCUT2D eigenvalue weighted by Gasteiger charge is -2.31. The van der Waals surface area contributed by atoms with Gasteiger partial charge in [0, 0.05) is 27.7 Å². The summed E-state index contributed by atoms with van der Waals surface area (Å²) in [6, 6.07) is 20.6. The van der Waals surface area contributed by atoms with Crippen molar-refractivity contribution in [2.24, 2.45) is 0 Å². The van der Waals surface area contributed by atoms with Crippen LogP contribution in [0.4, 0.5) is 11.4 Å². The number of hydrogen-bond acceptors (Lipinski definition) is 3. The first kappa shape index (κ1) is 19.6. The minimum absolute atomic E-state index is 0.152. The summed E-state index contributed by atoms with van der Waals surface area (Å²) < 4.78 is 5.77. The molecule has 3 aromatic rings. The van der Waals surface area contributed by atoms with Crippen molar-refractivity contribution in [1.29, 1.82) is 0 Å². The van der Waals surface area contributed by atoms with Crippen molar-refractivity contribution in [3.63, 3.8) is 0 Å². The van der Waals surface area contributed by atoms with E-state index in [1.807, 2.05) is 61.5 Å². The van der Waals surface area contributed by atoms with Gasteiger partial charge in [-0.25, -0.2) is 0 Å². The number of carbonyl (C=O) groups excluding carboxylic acids is 1. The summed E-state index contributed by atoms with van der Waals surface area (Å²) in [6.45, 7) is 2.45. The minimum atomic E-state index is -1.03. The fourth-order valence-electron chi connectivity index (χ4n) is 3.72. The van der Waals surface area contributed by atoms with E-state index in [0.717, 1.165) is 16.8 Å². The van der Waals surface area contributed by atoms with Crippen LogP contribution in [0.25, 0.3) is 0 Å². The Morgan fingerprint density at radius 2 is 1.79 bits per heavy atom. The highest BCUT2D eigenvalue weighted by atomic mass is 35.5. The van der Waals surface area contributed by atoms with Crippen molar-refractivity contribution < 1.29 is 9.53 Å². The maximum Gasteiger partial charge on any atom is 0.255 e. The van der Waals surface area contributed by atoms with Crippen molar-refractivity contribution in [3.8, 4) is 5.75 Å². The summed E-state index contributed by atoms with van der Waals surface area (Å²) in [7, 11) is 0. The number of para-hydroxylation sites is 2. The third-order valence-electron chi connectivity index (χ3n) is 4.97. The number of amides is 1. The van der Waals surface area contributed by atoms with Crippen molar-refractivity contribution in [3.05, 3.63) is 87.9 Å². The lowest BCUT2D eigenvalue weighted by molar-refractivity contribution is -0.119. The topological polar surface area (TPSA) is 50.4 Å². The molecule has 1 atom stereocenters. The number of anilines is 2. The molecule has 29 heavy (non-hydrogen) atoms. The summed E-state index contributed by atoms with van der Waals surface area (Å²) in [5.74, 6) is 0.539. The minimum Gasteiger partial charge on any atom is -0.492 e. The standard InChI is InChI=1S/C23H20Cl2N2O2/c1-2-29-21-9-4-3-8-19(21)27-23(14-15-6-5-7-16(24)12-15)18-11-10-17(25)13-20(18)26-22(23)28/h3-13,27H,2,14H2,1H3,(H,26,28). The molecule has 1 aliphatic heterocycles. The normalized spacial score (nSPS) is 17.6. The Labute approximate surface area is 179 Å². The van der Waals surface area contributed by atoms with Gasteiger partial charge in [0.2, 0.25) is 0 Å². The van der Waals surface area contributed by atoms with E-state index in [4.69, 9.17) is 27.9 Å². The predicted octanol–water partition coefficient (Wildman–Crippen LogP) is 5.89. The van der Waals surface area contributed by atoms with Gasteiger partial charge >= 0.3 is 0 Å². The van der Waals surface area contributed by atoms with Gasteiger partial charge in [-0.15, -0.1) is 0 Å². The first-order chi connectivity index (χ1) is 14.0. The van der Waals surface area contributed by atoms with Gasteiger partial charge in [0.25, 0.3) is 5.91 Å². The van der Waals surface area contributed by atoms with Crippen LogP contribution in [0.15, 0.2) is 66.7 Å². The second kappa shape index (κ2) is 7.97. The molecule has 0 spiro atoms. The highest BCUT2D eigenvalue weighted by Crippen LogP contribution is 2.43. The van der Waals surface area contributed by atoms with Crippen LogP contribution in [0.5, 0.6) is 5.75 Å². The Bertz CT molecular complexity index is 1070. The van der Waals surface area contributed by atoms with Crippen LogP contribution in [0, 0.1) is 0 Å². The first-order valence-electron chi connectivity index (χ1n) is 9.38. The molecule has 1 aliphatic rings. The summed E-state index contributed by atoms with van der Waals surface area (Å²) >= 11 is 12.4. The van der Waals surface area contributed by atoms with Gasteiger partial charge in [0.15, 0.2) is 0 Å². The summed E-state index contributed by atoms with van der Waals surface area (Å²) in [6.07, 6.45) is 0.411. The van der Waals surface area contributed by atoms with E-state index in [-0.39, 0.29) is 5.91 Å². The van der Waals surface area contributed by atoms with Crippen LogP contribution in [-0.4, -0.2) is 12.5 Å². The Hall–Kier alpha value is -2.69. The Morgan fingerprint density at radius 1 is 1.00 bits per heavy atom. The monoisotopic (exact) mass is 426 g/mol. The number of carbonyl (C=O) groups is 1. The lowest BCUT2D eigenvalue weighted by atomic mass is 9.84. The van der Waals surface area contributed by atoms with E-state index in [9.17, 15) is 4.79 Å². The molecule has 0 aliphatic carbocycles. The molecule has 6 heteroatoms. The van der Waals surface area contributed by atoms with Gasteiger partial charge in [-0.05, 0) is 48.9 Å². The van der Waals surface area contributed by atoms with Gasteiger partial charge in [0.1, 0.15) is 11.3 Å². The van der Waals surface area contributed by atoms with Crippen LogP contribution in [0.2, 0.25) is 10.0 Å². The van der Waals surface area contributed by atoms with Gasteiger partial charge in [-0.2, -0.15) is 0 Å². The number of ether oxygens (including phenoxy) is 1. The zero-order valence-electron chi connectivity index (χ0n) is 15.8. The third-order valence-corrected chi connectivity index (χ3v) is 5.44. The average Bonchev–Trinajstić information content (AvgIpc) is 2.94. The number of rotatable bonds is 6. The second-order valence-corrected chi connectivity index (χ2v) is 7.78. The molecule has 148 valence electrons. The van der Waals surface area contributed by atoms with E-state index < -0.39 is 5.54 Å². The van der Waals surface area contributed by atoms with Crippen LogP contribution in [0.1, 0.15) is 18.1 Å². The van der Waals surface area contributed by atoms with Gasteiger partial charge < -0.3 is 15.4 Å². The van der Waals surface area contributed by atoms with Crippen LogP contribution < -0.4 is 15.4 Å². The maximum atomic E-state index is 13.3. The van der Waals surface area contributed by atoms with Gasteiger partial charge in [0.05, 0.1) is 12.3 Å². The van der Waals surface area contributed by atoms with Gasteiger partial charge in [-0.3, -0.25) is 4.79 Å². The first-order valence-corrected chi connectivity index (χ1v) is 10.1. The zero-order chi connectivity index (χ0) is 20.4. The molecule has 0 saturated carbocycles. The quantitative estimate of drug-likeness (QED) is 0.516. The molecule has 4 nitrogen and oxygen atoms in total. The van der Waals surface area contributed by atoms with Crippen LogP contribution in [-0.2, 0) is 16.8 Å². The number of halogens is 2.